The van der Waals surface area contributed by atoms with Gasteiger partial charge in [-0.05, 0) is 41.3 Å². The van der Waals surface area contributed by atoms with Crippen LogP contribution in [0.25, 0.3) is 0 Å². The SMILES string of the molecule is CC.CC(C)c1cc(C(=O)N2Cc3ccc(CN4CCN(C)CC4)cc3C2)c(OS(=O)O)cc1OSO. The molecule has 1 saturated heterocycles. The van der Waals surface area contributed by atoms with Crippen LogP contribution < -0.4 is 8.37 Å². The molecule has 1 amide bonds. The number of carbonyl (C=O) groups excluding carboxylic acids is 1. The minimum absolute atomic E-state index is 0.0229. The molecule has 2 aliphatic heterocycles. The van der Waals surface area contributed by atoms with Crippen molar-refractivity contribution in [2.75, 3.05) is 33.2 Å². The van der Waals surface area contributed by atoms with Crippen molar-refractivity contribution in [3.63, 3.8) is 0 Å². The van der Waals surface area contributed by atoms with Gasteiger partial charge in [0, 0.05) is 51.9 Å². The highest BCUT2D eigenvalue weighted by Gasteiger charge is 2.29. The lowest BCUT2D eigenvalue weighted by Crippen LogP contribution is -2.43. The fourth-order valence-electron chi connectivity index (χ4n) is 4.58. The zero-order chi connectivity index (χ0) is 27.1. The van der Waals surface area contributed by atoms with Crippen LogP contribution in [0.3, 0.4) is 0 Å². The summed E-state index contributed by atoms with van der Waals surface area (Å²) in [5, 5.41) is 0. The summed E-state index contributed by atoms with van der Waals surface area (Å²) in [4.78, 5) is 20.0. The third-order valence-corrected chi connectivity index (χ3v) is 7.11. The highest BCUT2D eigenvalue weighted by molar-refractivity contribution is 7.89. The summed E-state index contributed by atoms with van der Waals surface area (Å²) in [7, 11) is 2.14. The Hall–Kier alpha value is -2.15. The molecule has 0 aliphatic carbocycles. The summed E-state index contributed by atoms with van der Waals surface area (Å²) < 4.78 is 40.1. The van der Waals surface area contributed by atoms with Gasteiger partial charge in [-0.3, -0.25) is 18.8 Å². The summed E-state index contributed by atoms with van der Waals surface area (Å²) in [5.41, 5.74) is 4.29. The largest absolute Gasteiger partial charge is 0.400 e. The number of carbonyl (C=O) groups is 1. The van der Waals surface area contributed by atoms with E-state index in [2.05, 4.69) is 35.0 Å². The monoisotopic (exact) mass is 551 g/mol. The van der Waals surface area contributed by atoms with Crippen LogP contribution in [0.2, 0.25) is 0 Å². The normalized spacial score (nSPS) is 16.7. The number of piperazine rings is 1. The molecule has 0 bridgehead atoms. The number of nitrogens with zero attached hydrogens (tertiary/aromatic N) is 3. The Morgan fingerprint density at radius 3 is 2.35 bits per heavy atom. The second-order valence-electron chi connectivity index (χ2n) is 9.34. The number of hydrogen-bond donors (Lipinski definition) is 2. The van der Waals surface area contributed by atoms with Crippen LogP contribution in [0.15, 0.2) is 30.3 Å². The molecule has 2 aliphatic rings. The van der Waals surface area contributed by atoms with Gasteiger partial charge in [-0.1, -0.05) is 45.9 Å². The van der Waals surface area contributed by atoms with E-state index < -0.39 is 11.4 Å². The highest BCUT2D eigenvalue weighted by atomic mass is 32.2. The van der Waals surface area contributed by atoms with Gasteiger partial charge >= 0.3 is 11.4 Å². The molecule has 2 heterocycles. The molecule has 0 saturated carbocycles. The molecule has 204 valence electrons. The van der Waals surface area contributed by atoms with Crippen molar-refractivity contribution in [1.29, 1.82) is 0 Å². The van der Waals surface area contributed by atoms with E-state index in [4.69, 9.17) is 12.9 Å². The second kappa shape index (κ2) is 13.6. The molecular formula is C26H37N3O6S2. The number of rotatable bonds is 8. The first kappa shape index (κ1) is 29.4. The molecule has 0 spiro atoms. The molecule has 1 atom stereocenters. The first-order valence-electron chi connectivity index (χ1n) is 12.5. The molecule has 1 unspecified atom stereocenters. The van der Waals surface area contributed by atoms with Gasteiger partial charge in [-0.15, -0.1) is 0 Å². The fraction of sp³-hybridized carbons (Fsp3) is 0.500. The third kappa shape index (κ3) is 7.46. The van der Waals surface area contributed by atoms with E-state index in [1.807, 2.05) is 27.7 Å². The lowest BCUT2D eigenvalue weighted by Gasteiger charge is -2.32. The Morgan fingerprint density at radius 1 is 1.05 bits per heavy atom. The molecule has 1 fully saturated rings. The Bertz CT molecular complexity index is 1110. The second-order valence-corrected chi connectivity index (χ2v) is 10.3. The van der Waals surface area contributed by atoms with Crippen LogP contribution in [0.1, 0.15) is 66.2 Å². The predicted octanol–water partition coefficient (Wildman–Crippen LogP) is 4.76. The highest BCUT2D eigenvalue weighted by Crippen LogP contribution is 2.37. The molecule has 0 radical (unpaired) electrons. The Kier molecular flexibility index (Phi) is 10.8. The molecule has 4 rings (SSSR count). The number of amides is 1. The minimum atomic E-state index is -2.63. The molecule has 37 heavy (non-hydrogen) atoms. The summed E-state index contributed by atoms with van der Waals surface area (Å²) in [5.74, 6) is -0.128. The zero-order valence-electron chi connectivity index (χ0n) is 22.1. The number of benzene rings is 2. The Labute approximate surface area is 226 Å². The van der Waals surface area contributed by atoms with Crippen LogP contribution in [0.5, 0.6) is 11.5 Å². The standard InChI is InChI=1S/C24H31N3O6S2.C2H6/c1-16(2)20-11-21(23(33-35(30)31)12-22(20)32-34-29)24(28)27-14-18-5-4-17(10-19(18)15-27)13-26-8-6-25(3)7-9-26;1-2/h4-5,10-12,16,29H,6-9,13-15H2,1-3H3,(H,30,31);1-2H3. The van der Waals surface area contributed by atoms with Crippen molar-refractivity contribution >= 4 is 29.6 Å². The van der Waals surface area contributed by atoms with E-state index in [9.17, 15) is 13.6 Å². The van der Waals surface area contributed by atoms with Crippen LogP contribution >= 0.6 is 12.3 Å². The summed E-state index contributed by atoms with van der Waals surface area (Å²) in [6.45, 7) is 13.9. The van der Waals surface area contributed by atoms with Crippen molar-refractivity contribution in [2.24, 2.45) is 0 Å². The van der Waals surface area contributed by atoms with Gasteiger partial charge in [0.1, 0.15) is 5.75 Å². The minimum Gasteiger partial charge on any atom is -0.400 e. The Morgan fingerprint density at radius 2 is 1.73 bits per heavy atom. The number of fused-ring (bicyclic) bond motifs is 1. The lowest BCUT2D eigenvalue weighted by atomic mass is 9.98. The Balaban J connectivity index is 0.00000186. The first-order valence-corrected chi connectivity index (χ1v) is 14.2. The maximum absolute atomic E-state index is 13.6. The van der Waals surface area contributed by atoms with Crippen molar-refractivity contribution < 1.29 is 26.5 Å². The summed E-state index contributed by atoms with van der Waals surface area (Å²) in [6.07, 6.45) is 0. The van der Waals surface area contributed by atoms with Crippen LogP contribution in [0.4, 0.5) is 0 Å². The molecule has 2 aromatic carbocycles. The third-order valence-electron chi connectivity index (χ3n) is 6.53. The van der Waals surface area contributed by atoms with E-state index in [-0.39, 0.29) is 41.2 Å². The topological polar surface area (TPSA) is 103 Å². The van der Waals surface area contributed by atoms with Crippen molar-refractivity contribution in [2.45, 2.75) is 53.2 Å². The van der Waals surface area contributed by atoms with Crippen LogP contribution in [-0.4, -0.2) is 67.1 Å². The van der Waals surface area contributed by atoms with Crippen LogP contribution in [-0.2, 0) is 31.0 Å². The van der Waals surface area contributed by atoms with E-state index in [0.717, 1.165) is 43.9 Å². The molecule has 2 N–H and O–H groups in total. The van der Waals surface area contributed by atoms with E-state index in [1.54, 1.807) is 11.0 Å². The fourth-order valence-corrected chi connectivity index (χ4v) is 5.09. The van der Waals surface area contributed by atoms with E-state index in [0.29, 0.717) is 18.7 Å². The molecular weight excluding hydrogens is 514 g/mol. The predicted molar refractivity (Wildman–Crippen MR) is 147 cm³/mol. The summed E-state index contributed by atoms with van der Waals surface area (Å²) >= 11 is -2.46. The first-order chi connectivity index (χ1) is 17.7. The molecule has 11 heteroatoms. The maximum atomic E-state index is 13.6. The van der Waals surface area contributed by atoms with Crippen molar-refractivity contribution in [3.05, 3.63) is 58.1 Å². The average Bonchev–Trinajstić information content (AvgIpc) is 3.30. The van der Waals surface area contributed by atoms with Crippen LogP contribution in [0, 0.1) is 0 Å². The smallest absolute Gasteiger partial charge is 0.357 e. The van der Waals surface area contributed by atoms with Gasteiger partial charge in [0.15, 0.2) is 5.75 Å². The van der Waals surface area contributed by atoms with Gasteiger partial charge in [-0.2, -0.15) is 4.21 Å². The lowest BCUT2D eigenvalue weighted by molar-refractivity contribution is 0.0749. The van der Waals surface area contributed by atoms with Gasteiger partial charge in [-0.25, -0.2) is 0 Å². The van der Waals surface area contributed by atoms with E-state index in [1.165, 1.54) is 11.6 Å². The van der Waals surface area contributed by atoms with Gasteiger partial charge in [0.2, 0.25) is 12.3 Å². The number of likely N-dealkylation sites (N-methyl/N-ethyl adjacent to an activating group) is 1. The van der Waals surface area contributed by atoms with Gasteiger partial charge < -0.3 is 18.2 Å². The van der Waals surface area contributed by atoms with Gasteiger partial charge in [0.25, 0.3) is 5.91 Å². The quantitative estimate of drug-likeness (QED) is 0.355. The summed E-state index contributed by atoms with van der Waals surface area (Å²) in [6, 6.07) is 9.38. The number of hydrogen-bond acceptors (Lipinski definition) is 8. The van der Waals surface area contributed by atoms with E-state index >= 15 is 0 Å². The van der Waals surface area contributed by atoms with Crippen molar-refractivity contribution in [1.82, 2.24) is 14.7 Å². The molecule has 0 aromatic heterocycles. The van der Waals surface area contributed by atoms with Gasteiger partial charge in [0.05, 0.1) is 5.56 Å². The molecule has 9 nitrogen and oxygen atoms in total. The maximum Gasteiger partial charge on any atom is 0.357 e. The zero-order valence-corrected chi connectivity index (χ0v) is 23.7. The molecule has 2 aromatic rings. The average molecular weight is 552 g/mol. The van der Waals surface area contributed by atoms with Crippen molar-refractivity contribution in [3.8, 4) is 11.5 Å².